The van der Waals surface area contributed by atoms with E-state index in [4.69, 9.17) is 20.9 Å². The zero-order valence-electron chi connectivity index (χ0n) is 15.9. The van der Waals surface area contributed by atoms with Gasteiger partial charge in [0.2, 0.25) is 11.7 Å². The van der Waals surface area contributed by atoms with Gasteiger partial charge in [0.25, 0.3) is 0 Å². The van der Waals surface area contributed by atoms with Crippen LogP contribution in [0.5, 0.6) is 0 Å². The molecule has 9 heteroatoms. The summed E-state index contributed by atoms with van der Waals surface area (Å²) in [5.74, 6) is 1.62. The summed E-state index contributed by atoms with van der Waals surface area (Å²) in [7, 11) is 1.35. The van der Waals surface area contributed by atoms with Crippen LogP contribution in [0.25, 0.3) is 11.4 Å². The summed E-state index contributed by atoms with van der Waals surface area (Å²) in [6, 6.07) is 10.7. The van der Waals surface area contributed by atoms with Crippen molar-refractivity contribution in [1.82, 2.24) is 20.0 Å². The molecule has 0 N–H and O–H groups in total. The molecule has 1 saturated heterocycles. The fourth-order valence-electron chi connectivity index (χ4n) is 3.19. The van der Waals surface area contributed by atoms with Crippen LogP contribution in [0.2, 0.25) is 5.02 Å². The minimum absolute atomic E-state index is 0.377. The number of methoxy groups -OCH3 is 1. The maximum atomic E-state index is 11.5. The molecule has 3 aromatic rings. The quantitative estimate of drug-likeness (QED) is 0.590. The Labute approximate surface area is 173 Å². The van der Waals surface area contributed by atoms with Gasteiger partial charge in [0.15, 0.2) is 0 Å². The number of piperazine rings is 1. The maximum absolute atomic E-state index is 11.5. The number of rotatable bonds is 5. The summed E-state index contributed by atoms with van der Waals surface area (Å²) < 4.78 is 10.1. The van der Waals surface area contributed by atoms with E-state index in [0.29, 0.717) is 28.8 Å². The van der Waals surface area contributed by atoms with Crippen molar-refractivity contribution >= 4 is 23.4 Å². The van der Waals surface area contributed by atoms with E-state index in [0.717, 1.165) is 37.6 Å². The van der Waals surface area contributed by atoms with Crippen LogP contribution in [0.1, 0.15) is 16.2 Å². The second kappa shape index (κ2) is 8.59. The number of nitrogens with zero attached hydrogens (tertiary/aromatic N) is 5. The predicted molar refractivity (Wildman–Crippen MR) is 108 cm³/mol. The number of anilines is 1. The molecular weight excluding hydrogens is 394 g/mol. The molecule has 0 bridgehead atoms. The fraction of sp³-hybridized carbons (Fsp3) is 0.300. The van der Waals surface area contributed by atoms with E-state index in [1.807, 2.05) is 12.1 Å². The lowest BCUT2D eigenvalue weighted by Crippen LogP contribution is -2.46. The van der Waals surface area contributed by atoms with Crippen molar-refractivity contribution < 1.29 is 14.1 Å². The number of aromatic nitrogens is 3. The summed E-state index contributed by atoms with van der Waals surface area (Å²) in [5.41, 5.74) is 1.26. The van der Waals surface area contributed by atoms with Gasteiger partial charge in [-0.15, -0.1) is 0 Å². The molecule has 2 aromatic heterocycles. The smallest absolute Gasteiger partial charge is 0.337 e. The largest absolute Gasteiger partial charge is 0.465 e. The molecular formula is C20H20ClN5O3. The molecule has 0 radical (unpaired) electrons. The minimum atomic E-state index is -0.377. The molecule has 0 saturated carbocycles. The first kappa shape index (κ1) is 19.4. The molecule has 1 fully saturated rings. The van der Waals surface area contributed by atoms with E-state index in [9.17, 15) is 4.79 Å². The summed E-state index contributed by atoms with van der Waals surface area (Å²) in [6.45, 7) is 4.07. The highest BCUT2D eigenvalue weighted by molar-refractivity contribution is 6.30. The zero-order valence-corrected chi connectivity index (χ0v) is 16.7. The van der Waals surface area contributed by atoms with Gasteiger partial charge >= 0.3 is 5.97 Å². The molecule has 4 rings (SSSR count). The van der Waals surface area contributed by atoms with Crippen LogP contribution in [-0.2, 0) is 11.3 Å². The van der Waals surface area contributed by atoms with Crippen LogP contribution in [-0.4, -0.2) is 59.3 Å². The first-order valence-electron chi connectivity index (χ1n) is 9.22. The molecule has 1 aromatic carbocycles. The van der Waals surface area contributed by atoms with Crippen LogP contribution in [0.15, 0.2) is 47.1 Å². The number of halogens is 1. The Morgan fingerprint density at radius 2 is 1.90 bits per heavy atom. The Hall–Kier alpha value is -2.97. The Morgan fingerprint density at radius 1 is 1.14 bits per heavy atom. The third kappa shape index (κ3) is 4.55. The standard InChI is InChI=1S/C20H20ClN5O3/c1-28-20(27)15-4-2-14(3-5-15)19-23-18(29-24-19)13-25-8-10-26(11-9-25)17-7-6-16(21)12-22-17/h2-7,12H,8-11,13H2,1H3. The Kier molecular flexibility index (Phi) is 5.73. The summed E-state index contributed by atoms with van der Waals surface area (Å²) in [5, 5.41) is 4.69. The lowest BCUT2D eigenvalue weighted by molar-refractivity contribution is 0.0601. The summed E-state index contributed by atoms with van der Waals surface area (Å²) in [4.78, 5) is 24.9. The van der Waals surface area contributed by atoms with E-state index in [1.165, 1.54) is 7.11 Å². The van der Waals surface area contributed by atoms with Gasteiger partial charge in [-0.1, -0.05) is 28.9 Å². The first-order valence-corrected chi connectivity index (χ1v) is 9.60. The van der Waals surface area contributed by atoms with E-state index in [2.05, 4.69) is 24.9 Å². The number of benzene rings is 1. The molecule has 8 nitrogen and oxygen atoms in total. The molecule has 1 aliphatic heterocycles. The number of pyridine rings is 1. The monoisotopic (exact) mass is 413 g/mol. The fourth-order valence-corrected chi connectivity index (χ4v) is 3.30. The van der Waals surface area contributed by atoms with Crippen LogP contribution >= 0.6 is 11.6 Å². The van der Waals surface area contributed by atoms with Crippen molar-refractivity contribution in [1.29, 1.82) is 0 Å². The van der Waals surface area contributed by atoms with E-state index < -0.39 is 0 Å². The molecule has 29 heavy (non-hydrogen) atoms. The normalized spacial score (nSPS) is 14.8. The molecule has 1 aliphatic rings. The van der Waals surface area contributed by atoms with Crippen LogP contribution in [0, 0.1) is 0 Å². The number of carbonyl (C=O) groups excluding carboxylic acids is 1. The second-order valence-electron chi connectivity index (χ2n) is 6.68. The van der Waals surface area contributed by atoms with Gasteiger partial charge in [0.1, 0.15) is 5.82 Å². The van der Waals surface area contributed by atoms with E-state index >= 15 is 0 Å². The molecule has 3 heterocycles. The molecule has 0 spiro atoms. The average molecular weight is 414 g/mol. The predicted octanol–water partition coefficient (Wildman–Crippen LogP) is 2.89. The van der Waals surface area contributed by atoms with Crippen molar-refractivity contribution in [3.05, 3.63) is 59.1 Å². The lowest BCUT2D eigenvalue weighted by Gasteiger charge is -2.34. The van der Waals surface area contributed by atoms with Gasteiger partial charge in [0.05, 0.1) is 24.2 Å². The average Bonchev–Trinajstić information content (AvgIpc) is 3.23. The van der Waals surface area contributed by atoms with Gasteiger partial charge in [-0.2, -0.15) is 4.98 Å². The van der Waals surface area contributed by atoms with Crippen LogP contribution < -0.4 is 4.90 Å². The van der Waals surface area contributed by atoms with Crippen molar-refractivity contribution in [2.45, 2.75) is 6.54 Å². The highest BCUT2D eigenvalue weighted by Crippen LogP contribution is 2.19. The minimum Gasteiger partial charge on any atom is -0.465 e. The van der Waals surface area contributed by atoms with E-state index in [1.54, 1.807) is 30.5 Å². The number of hydrogen-bond donors (Lipinski definition) is 0. The molecule has 150 valence electrons. The Morgan fingerprint density at radius 3 is 2.55 bits per heavy atom. The number of esters is 1. The van der Waals surface area contributed by atoms with Gasteiger partial charge in [-0.05, 0) is 24.3 Å². The molecule has 0 amide bonds. The van der Waals surface area contributed by atoms with Crippen LogP contribution in [0.4, 0.5) is 5.82 Å². The summed E-state index contributed by atoms with van der Waals surface area (Å²) >= 11 is 5.91. The van der Waals surface area contributed by atoms with Crippen molar-refractivity contribution in [3.63, 3.8) is 0 Å². The highest BCUT2D eigenvalue weighted by Gasteiger charge is 2.20. The first-order chi connectivity index (χ1) is 14.1. The lowest BCUT2D eigenvalue weighted by atomic mass is 10.1. The topological polar surface area (TPSA) is 84.6 Å². The van der Waals surface area contributed by atoms with Gasteiger partial charge in [-0.3, -0.25) is 4.90 Å². The van der Waals surface area contributed by atoms with Gasteiger partial charge in [0, 0.05) is 37.9 Å². The highest BCUT2D eigenvalue weighted by atomic mass is 35.5. The Bertz CT molecular complexity index is 967. The van der Waals surface area contributed by atoms with Gasteiger partial charge < -0.3 is 14.2 Å². The zero-order chi connectivity index (χ0) is 20.2. The third-order valence-corrected chi connectivity index (χ3v) is 5.02. The third-order valence-electron chi connectivity index (χ3n) is 4.80. The van der Waals surface area contributed by atoms with E-state index in [-0.39, 0.29) is 5.97 Å². The maximum Gasteiger partial charge on any atom is 0.337 e. The van der Waals surface area contributed by atoms with Crippen molar-refractivity contribution in [3.8, 4) is 11.4 Å². The van der Waals surface area contributed by atoms with Crippen LogP contribution in [0.3, 0.4) is 0 Å². The van der Waals surface area contributed by atoms with Crippen molar-refractivity contribution in [2.24, 2.45) is 0 Å². The van der Waals surface area contributed by atoms with Crippen molar-refractivity contribution in [2.75, 3.05) is 38.2 Å². The number of ether oxygens (including phenoxy) is 1. The molecule has 0 unspecified atom stereocenters. The molecule has 0 atom stereocenters. The Balaban J connectivity index is 1.34. The summed E-state index contributed by atoms with van der Waals surface area (Å²) in [6.07, 6.45) is 1.67. The SMILES string of the molecule is COC(=O)c1ccc(-c2noc(CN3CCN(c4ccc(Cl)cn4)CC3)n2)cc1. The number of hydrogen-bond acceptors (Lipinski definition) is 8. The number of carbonyl (C=O) groups is 1. The van der Waals surface area contributed by atoms with Gasteiger partial charge in [-0.25, -0.2) is 9.78 Å². The molecule has 0 aliphatic carbocycles. The second-order valence-corrected chi connectivity index (χ2v) is 7.11.